The molecule has 1 aromatic carbocycles. The van der Waals surface area contributed by atoms with Gasteiger partial charge in [-0.25, -0.2) is 0 Å². The lowest BCUT2D eigenvalue weighted by atomic mass is 10.2. The molecule has 0 unspecified atom stereocenters. The minimum absolute atomic E-state index is 0.562. The quantitative estimate of drug-likeness (QED) is 0.143. The highest BCUT2D eigenvalue weighted by molar-refractivity contribution is 6.77. The van der Waals surface area contributed by atoms with Crippen LogP contribution >= 0.6 is 0 Å². The lowest BCUT2D eigenvalue weighted by Crippen LogP contribution is -2.47. The van der Waals surface area contributed by atoms with Crippen LogP contribution in [0.3, 0.4) is 0 Å². The molecule has 0 spiro atoms. The first-order chi connectivity index (χ1) is 12.3. The lowest BCUT2D eigenvalue weighted by Gasteiger charge is -2.42. The maximum atomic E-state index is 6.89. The van der Waals surface area contributed by atoms with Crippen molar-refractivity contribution in [2.45, 2.75) is 77.9 Å². The summed E-state index contributed by atoms with van der Waals surface area (Å²) in [7, 11) is -1.95. The average Bonchev–Trinajstić information content (AvgIpc) is 2.60. The van der Waals surface area contributed by atoms with Gasteiger partial charge >= 0.3 is 0 Å². The van der Waals surface area contributed by atoms with Crippen LogP contribution in [0.1, 0.15) is 66.9 Å². The summed E-state index contributed by atoms with van der Waals surface area (Å²) >= 11 is 0. The van der Waals surface area contributed by atoms with Gasteiger partial charge in [-0.1, -0.05) is 78.0 Å². The molecule has 0 heterocycles. The number of allylic oxidation sites excluding steroid dienone is 2. The van der Waals surface area contributed by atoms with Gasteiger partial charge in [0.05, 0.1) is 5.76 Å². The predicted octanol–water partition coefficient (Wildman–Crippen LogP) is 7.58. The standard InChI is InChI=1S/C24H36OSi/c1-8-9-10-14-17-24(19-18-23-15-12-11-13-16-23)25-26(20(2)3,21(4)5)22(6)7/h11-13,15-22H,10,14H2,1-7H3/b19-18+,24-17+. The van der Waals surface area contributed by atoms with E-state index in [1.54, 1.807) is 0 Å². The molecule has 1 rings (SSSR count). The zero-order chi connectivity index (χ0) is 19.6. The highest BCUT2D eigenvalue weighted by Crippen LogP contribution is 2.43. The van der Waals surface area contributed by atoms with Gasteiger partial charge in [0.1, 0.15) is 0 Å². The van der Waals surface area contributed by atoms with Gasteiger partial charge in [0.15, 0.2) is 0 Å². The van der Waals surface area contributed by atoms with E-state index in [1.165, 1.54) is 5.56 Å². The summed E-state index contributed by atoms with van der Waals surface area (Å²) in [5.41, 5.74) is 2.88. The van der Waals surface area contributed by atoms with Crippen molar-refractivity contribution < 1.29 is 4.43 Å². The van der Waals surface area contributed by atoms with Crippen LogP contribution in [0.25, 0.3) is 6.08 Å². The first kappa shape index (κ1) is 22.3. The molecule has 0 amide bonds. The number of hydrogen-bond donors (Lipinski definition) is 0. The fourth-order valence-corrected chi connectivity index (χ4v) is 9.12. The van der Waals surface area contributed by atoms with E-state index in [9.17, 15) is 0 Å². The topological polar surface area (TPSA) is 9.23 Å². The van der Waals surface area contributed by atoms with Crippen LogP contribution in [0.4, 0.5) is 0 Å². The Balaban J connectivity index is 3.16. The van der Waals surface area contributed by atoms with E-state index in [2.05, 4.69) is 95.9 Å². The monoisotopic (exact) mass is 368 g/mol. The molecule has 0 aliphatic heterocycles. The van der Waals surface area contributed by atoms with Crippen molar-refractivity contribution in [2.75, 3.05) is 0 Å². The lowest BCUT2D eigenvalue weighted by molar-refractivity contribution is 0.385. The predicted molar refractivity (Wildman–Crippen MR) is 118 cm³/mol. The van der Waals surface area contributed by atoms with E-state index in [0.29, 0.717) is 16.6 Å². The molecule has 0 atom stereocenters. The Morgan fingerprint density at radius 2 is 1.58 bits per heavy atom. The van der Waals surface area contributed by atoms with E-state index in [-0.39, 0.29) is 0 Å². The molecule has 0 saturated heterocycles. The second-order valence-electron chi connectivity index (χ2n) is 7.74. The van der Waals surface area contributed by atoms with Gasteiger partial charge in [-0.05, 0) is 47.7 Å². The van der Waals surface area contributed by atoms with E-state index >= 15 is 0 Å². The van der Waals surface area contributed by atoms with E-state index in [1.807, 2.05) is 13.0 Å². The Labute approximate surface area is 162 Å². The van der Waals surface area contributed by atoms with Crippen LogP contribution in [-0.4, -0.2) is 8.32 Å². The summed E-state index contributed by atoms with van der Waals surface area (Å²) in [6.45, 7) is 15.9. The van der Waals surface area contributed by atoms with Gasteiger partial charge in [-0.3, -0.25) is 0 Å². The normalized spacial score (nSPS) is 12.8. The molecule has 142 valence electrons. The number of hydrogen-bond acceptors (Lipinski definition) is 1. The van der Waals surface area contributed by atoms with Gasteiger partial charge in [-0.15, -0.1) is 11.8 Å². The largest absolute Gasteiger partial charge is 0.543 e. The maximum absolute atomic E-state index is 6.89. The van der Waals surface area contributed by atoms with Crippen molar-refractivity contribution in [3.63, 3.8) is 0 Å². The van der Waals surface area contributed by atoms with E-state index in [0.717, 1.165) is 18.6 Å². The zero-order valence-electron chi connectivity index (χ0n) is 17.7. The molecule has 26 heavy (non-hydrogen) atoms. The SMILES string of the molecule is CC#CCC/C=C(\C=C\c1ccccc1)O[Si](C(C)C)(C(C)C)C(C)C. The van der Waals surface area contributed by atoms with Crippen molar-refractivity contribution in [3.05, 3.63) is 53.8 Å². The number of benzene rings is 1. The Kier molecular flexibility index (Phi) is 9.52. The first-order valence-corrected chi connectivity index (χ1v) is 12.0. The minimum Gasteiger partial charge on any atom is -0.543 e. The fourth-order valence-electron chi connectivity index (χ4n) is 3.86. The summed E-state index contributed by atoms with van der Waals surface area (Å²) < 4.78 is 6.89. The average molecular weight is 369 g/mol. The minimum atomic E-state index is -1.95. The third-order valence-corrected chi connectivity index (χ3v) is 11.0. The summed E-state index contributed by atoms with van der Waals surface area (Å²) in [4.78, 5) is 0. The van der Waals surface area contributed by atoms with Crippen LogP contribution in [0, 0.1) is 11.8 Å². The summed E-state index contributed by atoms with van der Waals surface area (Å²) in [5.74, 6) is 7.13. The molecule has 0 radical (unpaired) electrons. The third kappa shape index (κ3) is 6.22. The van der Waals surface area contributed by atoms with Gasteiger partial charge < -0.3 is 4.43 Å². The van der Waals surface area contributed by atoms with E-state index < -0.39 is 8.32 Å². The third-order valence-electron chi connectivity index (χ3n) is 5.03. The number of rotatable bonds is 9. The van der Waals surface area contributed by atoms with Crippen LogP contribution in [0.2, 0.25) is 16.6 Å². The number of unbranched alkanes of at least 4 members (excludes halogenated alkanes) is 1. The second-order valence-corrected chi connectivity index (χ2v) is 13.1. The Bertz CT molecular complexity index is 620. The van der Waals surface area contributed by atoms with Crippen LogP contribution in [0.15, 0.2) is 48.2 Å². The molecular weight excluding hydrogens is 332 g/mol. The molecule has 2 heteroatoms. The van der Waals surface area contributed by atoms with Gasteiger partial charge in [-0.2, -0.15) is 0 Å². The molecule has 1 aromatic rings. The molecule has 1 nitrogen and oxygen atoms in total. The molecule has 0 N–H and O–H groups in total. The summed E-state index contributed by atoms with van der Waals surface area (Å²) in [6, 6.07) is 10.4. The first-order valence-electron chi connectivity index (χ1n) is 9.86. The van der Waals surface area contributed by atoms with Crippen molar-refractivity contribution in [3.8, 4) is 11.8 Å². The van der Waals surface area contributed by atoms with Crippen molar-refractivity contribution in [1.82, 2.24) is 0 Å². The zero-order valence-corrected chi connectivity index (χ0v) is 18.7. The Morgan fingerprint density at radius 3 is 2.08 bits per heavy atom. The van der Waals surface area contributed by atoms with Crippen molar-refractivity contribution in [1.29, 1.82) is 0 Å². The molecule has 0 aliphatic carbocycles. The van der Waals surface area contributed by atoms with Crippen LogP contribution in [-0.2, 0) is 4.43 Å². The molecular formula is C24H36OSi. The molecule has 0 aromatic heterocycles. The van der Waals surface area contributed by atoms with Crippen LogP contribution in [0.5, 0.6) is 0 Å². The highest BCUT2D eigenvalue weighted by atomic mass is 28.4. The molecule has 0 aliphatic rings. The van der Waals surface area contributed by atoms with Crippen molar-refractivity contribution in [2.24, 2.45) is 0 Å². The van der Waals surface area contributed by atoms with Crippen LogP contribution < -0.4 is 0 Å². The van der Waals surface area contributed by atoms with Gasteiger partial charge in [0.2, 0.25) is 0 Å². The van der Waals surface area contributed by atoms with Gasteiger partial charge in [0.25, 0.3) is 8.32 Å². The maximum Gasteiger partial charge on any atom is 0.258 e. The van der Waals surface area contributed by atoms with E-state index in [4.69, 9.17) is 4.43 Å². The molecule has 0 bridgehead atoms. The highest BCUT2D eigenvalue weighted by Gasteiger charge is 2.47. The van der Waals surface area contributed by atoms with Gasteiger partial charge in [0, 0.05) is 6.42 Å². The summed E-state index contributed by atoms with van der Waals surface area (Å²) in [5, 5.41) is 0. The van der Waals surface area contributed by atoms with Crippen molar-refractivity contribution >= 4 is 14.4 Å². The molecule has 0 saturated carbocycles. The fraction of sp³-hybridized carbons (Fsp3) is 0.500. The Morgan fingerprint density at radius 1 is 1.00 bits per heavy atom. The summed E-state index contributed by atoms with van der Waals surface area (Å²) in [6.07, 6.45) is 8.32. The molecule has 0 fully saturated rings. The smallest absolute Gasteiger partial charge is 0.258 e. The Hall–Kier alpha value is -1.72. The second kappa shape index (κ2) is 11.1.